The molecule has 8 nitrogen and oxygen atoms in total. The number of carbonyl (C=O) groups is 1. The Kier molecular flexibility index (Phi) is 5.97. The summed E-state index contributed by atoms with van der Waals surface area (Å²) in [6.07, 6.45) is 2.29. The number of aromatic nitrogens is 4. The van der Waals surface area contributed by atoms with Gasteiger partial charge < -0.3 is 15.7 Å². The first kappa shape index (κ1) is 21.6. The van der Waals surface area contributed by atoms with E-state index < -0.39 is 23.5 Å². The maximum atomic E-state index is 14.0. The van der Waals surface area contributed by atoms with Gasteiger partial charge in [0.05, 0.1) is 24.0 Å². The summed E-state index contributed by atoms with van der Waals surface area (Å²) in [5.74, 6) is -0.698. The molecule has 0 aromatic carbocycles. The average Bonchev–Trinajstić information content (AvgIpc) is 3.10. The number of alkyl halides is 1. The molecule has 0 saturated carbocycles. The fraction of sp³-hybridized carbons (Fsp3) is 0.400. The van der Waals surface area contributed by atoms with Crippen molar-refractivity contribution in [3.05, 3.63) is 42.1 Å². The van der Waals surface area contributed by atoms with Crippen molar-refractivity contribution in [2.24, 2.45) is 0 Å². The van der Waals surface area contributed by atoms with Gasteiger partial charge in [-0.2, -0.15) is 9.61 Å². The number of amides is 1. The third-order valence-corrected chi connectivity index (χ3v) is 4.36. The van der Waals surface area contributed by atoms with Crippen molar-refractivity contribution in [3.63, 3.8) is 0 Å². The molecule has 30 heavy (non-hydrogen) atoms. The zero-order chi connectivity index (χ0) is 22.1. The van der Waals surface area contributed by atoms with Gasteiger partial charge >= 0.3 is 0 Å². The molecule has 3 heterocycles. The van der Waals surface area contributed by atoms with Gasteiger partial charge in [-0.15, -0.1) is 0 Å². The summed E-state index contributed by atoms with van der Waals surface area (Å²) in [4.78, 5) is 20.8. The number of rotatable bonds is 7. The van der Waals surface area contributed by atoms with Gasteiger partial charge in [0.2, 0.25) is 0 Å². The number of nitrogens with zero attached hydrogens (tertiary/aromatic N) is 4. The number of carbonyl (C=O) groups excluding carboxylic acids is 1. The van der Waals surface area contributed by atoms with E-state index in [0.717, 1.165) is 6.20 Å². The second-order valence-corrected chi connectivity index (χ2v) is 7.84. The minimum atomic E-state index is -1.64. The lowest BCUT2D eigenvalue weighted by Gasteiger charge is -2.22. The minimum Gasteiger partial charge on any atom is -0.387 e. The number of fused-ring (bicyclic) bond motifs is 1. The Balaban J connectivity index is 1.99. The van der Waals surface area contributed by atoms with Gasteiger partial charge in [0.25, 0.3) is 5.91 Å². The van der Waals surface area contributed by atoms with Crippen LogP contribution in [-0.4, -0.2) is 55.0 Å². The molecule has 0 saturated heterocycles. The lowest BCUT2D eigenvalue weighted by molar-refractivity contribution is -0.00177. The average molecular weight is 418 g/mol. The summed E-state index contributed by atoms with van der Waals surface area (Å²) in [6, 6.07) is 2.90. The molecular weight excluding hydrogens is 394 g/mol. The lowest BCUT2D eigenvalue weighted by Crippen LogP contribution is -2.42. The van der Waals surface area contributed by atoms with Crippen molar-refractivity contribution in [2.75, 3.05) is 11.9 Å². The number of hydrogen-bond acceptors (Lipinski definition) is 6. The summed E-state index contributed by atoms with van der Waals surface area (Å²) < 4.78 is 29.0. The molecule has 0 spiro atoms. The predicted octanol–water partition coefficient (Wildman–Crippen LogP) is 2.59. The number of anilines is 1. The zero-order valence-electron chi connectivity index (χ0n) is 17.1. The van der Waals surface area contributed by atoms with Crippen LogP contribution >= 0.6 is 0 Å². The van der Waals surface area contributed by atoms with Gasteiger partial charge in [0, 0.05) is 30.1 Å². The molecule has 3 N–H and O–H groups in total. The number of pyridine rings is 1. The minimum absolute atomic E-state index is 0.0454. The molecule has 3 aromatic heterocycles. The van der Waals surface area contributed by atoms with Crippen LogP contribution in [0.4, 0.5) is 14.6 Å². The number of halogens is 2. The molecule has 0 radical (unpaired) electrons. The zero-order valence-corrected chi connectivity index (χ0v) is 17.1. The highest BCUT2D eigenvalue weighted by Crippen LogP contribution is 2.24. The monoisotopic (exact) mass is 418 g/mol. The van der Waals surface area contributed by atoms with Gasteiger partial charge in [-0.1, -0.05) is 0 Å². The normalized spacial score (nSPS) is 12.9. The molecule has 10 heteroatoms. The van der Waals surface area contributed by atoms with Crippen molar-refractivity contribution in [1.29, 1.82) is 0 Å². The molecule has 1 atom stereocenters. The van der Waals surface area contributed by atoms with E-state index >= 15 is 0 Å². The Hall–Kier alpha value is -3.14. The van der Waals surface area contributed by atoms with Crippen LogP contribution < -0.4 is 10.6 Å². The number of nitrogens with one attached hydrogen (secondary N) is 2. The highest BCUT2D eigenvalue weighted by molar-refractivity contribution is 5.99. The maximum absolute atomic E-state index is 14.0. The molecule has 0 fully saturated rings. The molecule has 0 aliphatic carbocycles. The Morgan fingerprint density at radius 2 is 2.00 bits per heavy atom. The van der Waals surface area contributed by atoms with E-state index in [1.54, 1.807) is 6.07 Å². The third kappa shape index (κ3) is 4.70. The van der Waals surface area contributed by atoms with Crippen LogP contribution in [-0.2, 0) is 0 Å². The van der Waals surface area contributed by atoms with Gasteiger partial charge in [0.1, 0.15) is 23.4 Å². The first-order chi connectivity index (χ1) is 14.1. The van der Waals surface area contributed by atoms with E-state index in [1.807, 2.05) is 13.8 Å². The summed E-state index contributed by atoms with van der Waals surface area (Å²) >= 11 is 0. The molecule has 0 aliphatic rings. The van der Waals surface area contributed by atoms with Gasteiger partial charge in [-0.3, -0.25) is 9.78 Å². The molecule has 0 aliphatic heterocycles. The Bertz CT molecular complexity index is 1060. The molecule has 1 amide bonds. The summed E-state index contributed by atoms with van der Waals surface area (Å²) in [5, 5.41) is 19.8. The second-order valence-electron chi connectivity index (χ2n) is 7.84. The Morgan fingerprint density at radius 1 is 1.27 bits per heavy atom. The van der Waals surface area contributed by atoms with Crippen LogP contribution in [0, 0.1) is 5.82 Å². The molecule has 160 valence electrons. The van der Waals surface area contributed by atoms with Crippen molar-refractivity contribution in [3.8, 4) is 11.3 Å². The standard InChI is InChI=1S/C20H24F2N6O2/c1-11(2)26-18-14(19(29)25-10-16(22)20(3,4)30)9-24-17-6-15(27-28(17)18)12-5-13(21)8-23-7-12/h5-9,11,16,26,30H,10H2,1-4H3,(H,25,29)/t16-/m1/s1. The number of aliphatic hydroxyl groups is 1. The molecule has 0 bridgehead atoms. The first-order valence-corrected chi connectivity index (χ1v) is 9.47. The molecule has 3 aromatic rings. The summed E-state index contributed by atoms with van der Waals surface area (Å²) in [5.41, 5.74) is -0.0816. The van der Waals surface area contributed by atoms with Crippen molar-refractivity contribution in [1.82, 2.24) is 24.9 Å². The predicted molar refractivity (Wildman–Crippen MR) is 108 cm³/mol. The summed E-state index contributed by atoms with van der Waals surface area (Å²) in [7, 11) is 0. The largest absolute Gasteiger partial charge is 0.387 e. The van der Waals surface area contributed by atoms with E-state index in [9.17, 15) is 18.7 Å². The van der Waals surface area contributed by atoms with E-state index in [2.05, 4.69) is 25.7 Å². The van der Waals surface area contributed by atoms with Crippen LogP contribution in [0.15, 0.2) is 30.7 Å². The highest BCUT2D eigenvalue weighted by atomic mass is 19.1. The third-order valence-electron chi connectivity index (χ3n) is 4.36. The Morgan fingerprint density at radius 3 is 2.63 bits per heavy atom. The fourth-order valence-electron chi connectivity index (χ4n) is 2.73. The van der Waals surface area contributed by atoms with E-state index in [-0.39, 0.29) is 18.2 Å². The molecule has 0 unspecified atom stereocenters. The van der Waals surface area contributed by atoms with Gasteiger partial charge in [-0.05, 0) is 33.8 Å². The van der Waals surface area contributed by atoms with E-state index in [4.69, 9.17) is 0 Å². The summed E-state index contributed by atoms with van der Waals surface area (Å²) in [6.45, 7) is 6.08. The van der Waals surface area contributed by atoms with E-state index in [0.29, 0.717) is 22.7 Å². The Labute approximate surface area is 172 Å². The highest BCUT2D eigenvalue weighted by Gasteiger charge is 2.27. The fourth-order valence-corrected chi connectivity index (χ4v) is 2.73. The van der Waals surface area contributed by atoms with Crippen LogP contribution in [0.25, 0.3) is 16.9 Å². The van der Waals surface area contributed by atoms with Crippen molar-refractivity contribution >= 4 is 17.4 Å². The first-order valence-electron chi connectivity index (χ1n) is 9.47. The number of hydrogen-bond donors (Lipinski definition) is 3. The topological polar surface area (TPSA) is 104 Å². The SMILES string of the molecule is CC(C)Nc1c(C(=O)NC[C@@H](F)C(C)(C)O)cnc2cc(-c3cncc(F)c3)nn12. The van der Waals surface area contributed by atoms with Gasteiger partial charge in [-0.25, -0.2) is 13.8 Å². The van der Waals surface area contributed by atoms with Crippen molar-refractivity contribution < 1.29 is 18.7 Å². The van der Waals surface area contributed by atoms with Crippen LogP contribution in [0.2, 0.25) is 0 Å². The molecule has 3 rings (SSSR count). The van der Waals surface area contributed by atoms with Crippen LogP contribution in [0.1, 0.15) is 38.1 Å². The van der Waals surface area contributed by atoms with E-state index in [1.165, 1.54) is 36.8 Å². The maximum Gasteiger partial charge on any atom is 0.256 e. The van der Waals surface area contributed by atoms with Crippen LogP contribution in [0.5, 0.6) is 0 Å². The lowest BCUT2D eigenvalue weighted by atomic mass is 10.0. The molecular formula is C20H24F2N6O2. The van der Waals surface area contributed by atoms with Gasteiger partial charge in [0.15, 0.2) is 5.65 Å². The van der Waals surface area contributed by atoms with Crippen LogP contribution in [0.3, 0.4) is 0 Å². The van der Waals surface area contributed by atoms with Crippen molar-refractivity contribution in [2.45, 2.75) is 45.5 Å². The quantitative estimate of drug-likeness (QED) is 0.545. The smallest absolute Gasteiger partial charge is 0.256 e. The second kappa shape index (κ2) is 8.31.